The molecule has 3 rings (SSSR count). The summed E-state index contributed by atoms with van der Waals surface area (Å²) < 4.78 is 45.7. The van der Waals surface area contributed by atoms with Crippen molar-refractivity contribution in [3.63, 3.8) is 0 Å². The molecule has 1 N–H and O–H groups in total. The number of hydrogen-bond donors (Lipinski definition) is 1. The smallest absolute Gasteiger partial charge is 0.480 e. The Kier molecular flexibility index (Phi) is 5.60. The van der Waals surface area contributed by atoms with E-state index in [2.05, 4.69) is 9.71 Å². The fourth-order valence-electron chi connectivity index (χ4n) is 3.42. The van der Waals surface area contributed by atoms with Gasteiger partial charge in [-0.3, -0.25) is 0 Å². The van der Waals surface area contributed by atoms with Crippen molar-refractivity contribution in [2.75, 3.05) is 13.7 Å². The molecule has 0 unspecified atom stereocenters. The van der Waals surface area contributed by atoms with E-state index in [1.807, 2.05) is 27.7 Å². The Hall–Kier alpha value is -1.16. The second kappa shape index (κ2) is 7.35. The molecule has 9 heteroatoms. The minimum Gasteiger partial charge on any atom is -0.480 e. The molecule has 7 nitrogen and oxygen atoms in total. The van der Waals surface area contributed by atoms with E-state index < -0.39 is 28.3 Å². The monoisotopic (exact) mass is 396 g/mol. The van der Waals surface area contributed by atoms with Crippen molar-refractivity contribution >= 4 is 22.6 Å². The van der Waals surface area contributed by atoms with Crippen LogP contribution >= 0.6 is 0 Å². The Morgan fingerprint density at radius 2 is 1.81 bits per heavy atom. The lowest BCUT2D eigenvalue weighted by molar-refractivity contribution is 0.00578. The number of hydrogen-bond acceptors (Lipinski definition) is 6. The molecule has 1 aromatic heterocycles. The lowest BCUT2D eigenvalue weighted by Gasteiger charge is -2.32. The van der Waals surface area contributed by atoms with Crippen LogP contribution in [0.1, 0.15) is 53.4 Å². The van der Waals surface area contributed by atoms with Crippen molar-refractivity contribution in [2.24, 2.45) is 5.92 Å². The molecule has 2 heterocycles. The average Bonchev–Trinajstić information content (AvgIpc) is 3.18. The summed E-state index contributed by atoms with van der Waals surface area (Å²) in [6, 6.07) is 1.53. The number of sulfonamides is 1. The molecule has 1 saturated carbocycles. The molecule has 0 aromatic carbocycles. The van der Waals surface area contributed by atoms with Crippen LogP contribution in [0.25, 0.3) is 0 Å². The first-order valence-corrected chi connectivity index (χ1v) is 10.9. The first-order valence-electron chi connectivity index (χ1n) is 9.45. The van der Waals surface area contributed by atoms with Crippen LogP contribution in [0.2, 0.25) is 0 Å². The molecule has 0 amide bonds. The van der Waals surface area contributed by atoms with Crippen LogP contribution in [0.5, 0.6) is 5.88 Å². The van der Waals surface area contributed by atoms with Crippen LogP contribution in [-0.2, 0) is 19.3 Å². The van der Waals surface area contributed by atoms with Crippen LogP contribution in [0.3, 0.4) is 0 Å². The summed E-state index contributed by atoms with van der Waals surface area (Å²) >= 11 is 0. The summed E-state index contributed by atoms with van der Waals surface area (Å²) in [4.78, 5) is 4.19. The van der Waals surface area contributed by atoms with Gasteiger partial charge in [-0.1, -0.05) is 12.8 Å². The van der Waals surface area contributed by atoms with Gasteiger partial charge in [-0.2, -0.15) is 0 Å². The van der Waals surface area contributed by atoms with Crippen molar-refractivity contribution in [1.82, 2.24) is 9.71 Å². The predicted molar refractivity (Wildman–Crippen MR) is 104 cm³/mol. The topological polar surface area (TPSA) is 86.8 Å². The number of ether oxygens (including phenoxy) is 1. The van der Waals surface area contributed by atoms with Crippen LogP contribution in [0.15, 0.2) is 17.2 Å². The Bertz CT molecular complexity index is 775. The second-order valence-electron chi connectivity index (χ2n) is 8.37. The highest BCUT2D eigenvalue weighted by Crippen LogP contribution is 2.36. The van der Waals surface area contributed by atoms with Crippen LogP contribution in [0.4, 0.5) is 0 Å². The quantitative estimate of drug-likeness (QED) is 0.739. The molecule has 0 atom stereocenters. The number of nitrogens with zero attached hydrogens (tertiary/aromatic N) is 1. The van der Waals surface area contributed by atoms with E-state index in [0.717, 1.165) is 25.7 Å². The maximum absolute atomic E-state index is 12.9. The second-order valence-corrected chi connectivity index (χ2v) is 10.1. The number of rotatable bonds is 6. The fourth-order valence-corrected chi connectivity index (χ4v) is 4.69. The zero-order valence-electron chi connectivity index (χ0n) is 16.7. The maximum Gasteiger partial charge on any atom is 0.496 e. The molecule has 150 valence electrons. The summed E-state index contributed by atoms with van der Waals surface area (Å²) in [6.07, 6.45) is 5.98. The number of aromatic nitrogens is 1. The fraction of sp³-hybridized carbons (Fsp3) is 0.722. The molecular weight excluding hydrogens is 367 g/mol. The maximum atomic E-state index is 12.9. The van der Waals surface area contributed by atoms with Gasteiger partial charge in [-0.25, -0.2) is 18.1 Å². The molecule has 2 aliphatic rings. The standard InChI is InChI=1S/C18H29BN2O5S/c1-17(2)18(3,4)26-19(25-17)14-10-15(16(24-5)20-12-14)27(22,23)21-11-13-8-6-7-9-13/h10,12-13,21H,6-9,11H2,1-5H3. The molecule has 0 radical (unpaired) electrons. The van der Waals surface area contributed by atoms with Crippen molar-refractivity contribution in [3.8, 4) is 5.88 Å². The largest absolute Gasteiger partial charge is 0.496 e. The number of pyridine rings is 1. The lowest BCUT2D eigenvalue weighted by atomic mass is 9.80. The highest BCUT2D eigenvalue weighted by Gasteiger charge is 2.52. The van der Waals surface area contributed by atoms with Gasteiger partial charge in [0.05, 0.1) is 18.3 Å². The molecular formula is C18H29BN2O5S. The normalized spacial score (nSPS) is 22.3. The van der Waals surface area contributed by atoms with Crippen molar-refractivity contribution in [3.05, 3.63) is 12.3 Å². The third-order valence-corrected chi connectivity index (χ3v) is 7.30. The van der Waals surface area contributed by atoms with Gasteiger partial charge in [-0.15, -0.1) is 0 Å². The van der Waals surface area contributed by atoms with Crippen LogP contribution < -0.4 is 14.9 Å². The minimum atomic E-state index is -3.75. The van der Waals surface area contributed by atoms with Gasteiger partial charge >= 0.3 is 7.12 Å². The van der Waals surface area contributed by atoms with Crippen LogP contribution in [-0.4, -0.2) is 45.4 Å². The molecule has 1 aliphatic heterocycles. The molecule has 27 heavy (non-hydrogen) atoms. The first kappa shape index (κ1) is 20.6. The molecule has 1 saturated heterocycles. The Morgan fingerprint density at radius 3 is 2.37 bits per heavy atom. The van der Waals surface area contributed by atoms with Gasteiger partial charge in [0.15, 0.2) is 0 Å². The van der Waals surface area contributed by atoms with Gasteiger partial charge in [0.1, 0.15) is 4.90 Å². The third-order valence-electron chi connectivity index (χ3n) is 5.88. The summed E-state index contributed by atoms with van der Waals surface area (Å²) in [5, 5.41) is 0. The molecule has 0 bridgehead atoms. The number of nitrogens with one attached hydrogen (secondary N) is 1. The molecule has 0 spiro atoms. The molecule has 2 fully saturated rings. The molecule has 1 aromatic rings. The lowest BCUT2D eigenvalue weighted by Crippen LogP contribution is -2.41. The number of methoxy groups -OCH3 is 1. The average molecular weight is 396 g/mol. The van der Waals surface area contributed by atoms with Crippen molar-refractivity contribution < 1.29 is 22.5 Å². The van der Waals surface area contributed by atoms with Gasteiger partial charge in [-0.05, 0) is 52.5 Å². The first-order chi connectivity index (χ1) is 12.6. The van der Waals surface area contributed by atoms with Gasteiger partial charge < -0.3 is 14.0 Å². The Morgan fingerprint density at radius 1 is 1.22 bits per heavy atom. The minimum absolute atomic E-state index is 0.00945. The van der Waals surface area contributed by atoms with E-state index >= 15 is 0 Å². The summed E-state index contributed by atoms with van der Waals surface area (Å²) in [5.41, 5.74) is -0.481. The van der Waals surface area contributed by atoms with Crippen LogP contribution in [0, 0.1) is 5.92 Å². The zero-order chi connectivity index (χ0) is 19.9. The Balaban J connectivity index is 1.85. The predicted octanol–water partition coefficient (Wildman–Crippen LogP) is 1.86. The summed E-state index contributed by atoms with van der Waals surface area (Å²) in [6.45, 7) is 8.23. The van der Waals surface area contributed by atoms with E-state index in [9.17, 15) is 8.42 Å². The van der Waals surface area contributed by atoms with Crippen molar-refractivity contribution in [1.29, 1.82) is 0 Å². The highest BCUT2D eigenvalue weighted by atomic mass is 32.2. The molecule has 1 aliphatic carbocycles. The SMILES string of the molecule is COc1ncc(B2OC(C)(C)C(C)(C)O2)cc1S(=O)(=O)NCC1CCCC1. The summed E-state index contributed by atoms with van der Waals surface area (Å²) in [7, 11) is -3.02. The van der Waals surface area contributed by atoms with E-state index in [0.29, 0.717) is 17.9 Å². The van der Waals surface area contributed by atoms with E-state index in [-0.39, 0.29) is 10.8 Å². The highest BCUT2D eigenvalue weighted by molar-refractivity contribution is 7.89. The van der Waals surface area contributed by atoms with Gasteiger partial charge in [0.2, 0.25) is 15.9 Å². The third kappa shape index (κ3) is 4.16. The summed E-state index contributed by atoms with van der Waals surface area (Å²) in [5.74, 6) is 0.458. The zero-order valence-corrected chi connectivity index (χ0v) is 17.6. The van der Waals surface area contributed by atoms with E-state index in [1.54, 1.807) is 0 Å². The van der Waals surface area contributed by atoms with E-state index in [1.165, 1.54) is 19.4 Å². The van der Waals surface area contributed by atoms with E-state index in [4.69, 9.17) is 14.0 Å². The van der Waals surface area contributed by atoms with Gasteiger partial charge in [0.25, 0.3) is 0 Å². The van der Waals surface area contributed by atoms with Crippen molar-refractivity contribution in [2.45, 2.75) is 69.5 Å². The van der Waals surface area contributed by atoms with Gasteiger partial charge in [0, 0.05) is 18.2 Å². The Labute approximate surface area is 162 Å².